The Labute approximate surface area is 187 Å². The zero-order valence-corrected chi connectivity index (χ0v) is 18.5. The van der Waals surface area contributed by atoms with Gasteiger partial charge in [0.1, 0.15) is 0 Å². The van der Waals surface area contributed by atoms with Crippen LogP contribution < -0.4 is 10.6 Å². The number of urea groups is 1. The lowest BCUT2D eigenvalue weighted by molar-refractivity contribution is 0.0303. The molecule has 0 aliphatic carbocycles. The lowest BCUT2D eigenvalue weighted by Gasteiger charge is -2.27. The maximum atomic E-state index is 12.6. The summed E-state index contributed by atoms with van der Waals surface area (Å²) in [6.07, 6.45) is 0. The summed E-state index contributed by atoms with van der Waals surface area (Å²) in [6, 6.07) is 12.9. The molecule has 32 heavy (non-hydrogen) atoms. The van der Waals surface area contributed by atoms with E-state index in [2.05, 4.69) is 39.0 Å². The molecule has 0 radical (unpaired) electrons. The zero-order chi connectivity index (χ0) is 22.7. The number of morpholine rings is 1. The normalized spacial score (nSPS) is 13.7. The zero-order valence-electron chi connectivity index (χ0n) is 18.5. The first-order chi connectivity index (χ1) is 15.4. The van der Waals surface area contributed by atoms with Crippen LogP contribution in [0, 0.1) is 20.8 Å². The molecule has 1 aliphatic rings. The highest BCUT2D eigenvalue weighted by atomic mass is 16.5. The number of H-pyrrole nitrogens is 1. The Bertz CT molecular complexity index is 1130. The van der Waals surface area contributed by atoms with E-state index in [0.717, 1.165) is 27.9 Å². The maximum Gasteiger partial charge on any atom is 0.324 e. The van der Waals surface area contributed by atoms with Gasteiger partial charge in [-0.2, -0.15) is 5.10 Å². The number of amides is 3. The van der Waals surface area contributed by atoms with Gasteiger partial charge in [0.25, 0.3) is 5.91 Å². The second-order valence-electron chi connectivity index (χ2n) is 8.06. The van der Waals surface area contributed by atoms with Crippen molar-refractivity contribution in [1.29, 1.82) is 0 Å². The van der Waals surface area contributed by atoms with E-state index in [4.69, 9.17) is 4.74 Å². The van der Waals surface area contributed by atoms with Crippen molar-refractivity contribution in [3.8, 4) is 11.3 Å². The molecule has 3 aromatic rings. The summed E-state index contributed by atoms with van der Waals surface area (Å²) in [7, 11) is 0. The Balaban J connectivity index is 1.40. The van der Waals surface area contributed by atoms with Crippen molar-refractivity contribution in [2.45, 2.75) is 20.8 Å². The van der Waals surface area contributed by atoms with Gasteiger partial charge in [-0.05, 0) is 56.7 Å². The molecular weight excluding hydrogens is 406 g/mol. The van der Waals surface area contributed by atoms with Crippen molar-refractivity contribution in [2.24, 2.45) is 0 Å². The molecule has 0 unspecified atom stereocenters. The number of benzene rings is 2. The molecule has 0 spiro atoms. The minimum atomic E-state index is -0.404. The van der Waals surface area contributed by atoms with E-state index in [1.165, 1.54) is 0 Å². The number of hydrogen-bond acceptors (Lipinski definition) is 4. The van der Waals surface area contributed by atoms with Gasteiger partial charge in [0, 0.05) is 36.0 Å². The van der Waals surface area contributed by atoms with E-state index in [9.17, 15) is 9.59 Å². The third-order valence-corrected chi connectivity index (χ3v) is 5.37. The van der Waals surface area contributed by atoms with Crippen LogP contribution in [-0.2, 0) is 4.74 Å². The predicted molar refractivity (Wildman–Crippen MR) is 124 cm³/mol. The summed E-state index contributed by atoms with van der Waals surface area (Å²) in [6.45, 7) is 8.25. The van der Waals surface area contributed by atoms with Crippen LogP contribution in [0.3, 0.4) is 0 Å². The molecule has 8 nitrogen and oxygen atoms in total. The van der Waals surface area contributed by atoms with E-state index < -0.39 is 6.03 Å². The molecule has 1 aromatic heterocycles. The summed E-state index contributed by atoms with van der Waals surface area (Å²) >= 11 is 0. The minimum absolute atomic E-state index is 0.0251. The number of hydrogen-bond donors (Lipinski definition) is 3. The summed E-state index contributed by atoms with van der Waals surface area (Å²) in [5, 5.41) is 12.7. The van der Waals surface area contributed by atoms with Gasteiger partial charge in [-0.3, -0.25) is 15.2 Å². The smallest absolute Gasteiger partial charge is 0.324 e. The monoisotopic (exact) mass is 433 g/mol. The molecule has 1 saturated heterocycles. The molecule has 1 aliphatic heterocycles. The standard InChI is InChI=1S/C24H27N5O3/c1-15-10-16(2)12-19(11-15)21-14-22(28-27-21)26-24(31)25-20-5-4-18(13-17(20)3)23(30)29-6-8-32-9-7-29/h4-5,10-14H,6-9H2,1-3H3,(H3,25,26,27,28,31). The van der Waals surface area contributed by atoms with Crippen molar-refractivity contribution >= 4 is 23.4 Å². The van der Waals surface area contributed by atoms with Gasteiger partial charge in [-0.25, -0.2) is 4.79 Å². The van der Waals surface area contributed by atoms with Gasteiger partial charge < -0.3 is 15.0 Å². The number of anilines is 2. The molecule has 0 atom stereocenters. The van der Waals surface area contributed by atoms with Crippen LogP contribution in [0.25, 0.3) is 11.3 Å². The summed E-state index contributed by atoms with van der Waals surface area (Å²) in [4.78, 5) is 26.9. The second-order valence-corrected chi connectivity index (χ2v) is 8.06. The highest BCUT2D eigenvalue weighted by Gasteiger charge is 2.19. The first-order valence-corrected chi connectivity index (χ1v) is 10.6. The van der Waals surface area contributed by atoms with Crippen LogP contribution in [0.2, 0.25) is 0 Å². The Morgan fingerprint density at radius 1 is 0.969 bits per heavy atom. The SMILES string of the molecule is Cc1cc(C)cc(-c2cc(NC(=O)Nc3ccc(C(=O)N4CCOCC4)cc3C)n[nH]2)c1. The van der Waals surface area contributed by atoms with Crippen molar-refractivity contribution < 1.29 is 14.3 Å². The second kappa shape index (κ2) is 9.23. The predicted octanol–water partition coefficient (Wildman–Crippen LogP) is 4.12. The van der Waals surface area contributed by atoms with Gasteiger partial charge in [0.15, 0.2) is 5.82 Å². The van der Waals surface area contributed by atoms with Crippen LogP contribution in [0.4, 0.5) is 16.3 Å². The number of aryl methyl sites for hydroxylation is 3. The van der Waals surface area contributed by atoms with Crippen LogP contribution in [-0.4, -0.2) is 53.3 Å². The molecule has 2 aromatic carbocycles. The van der Waals surface area contributed by atoms with Gasteiger partial charge >= 0.3 is 6.03 Å². The topological polar surface area (TPSA) is 99.3 Å². The highest BCUT2D eigenvalue weighted by molar-refractivity contribution is 6.01. The molecule has 166 valence electrons. The van der Waals surface area contributed by atoms with Gasteiger partial charge in [-0.1, -0.05) is 17.2 Å². The molecular formula is C24H27N5O3. The Morgan fingerprint density at radius 2 is 1.69 bits per heavy atom. The largest absolute Gasteiger partial charge is 0.378 e. The number of ether oxygens (including phenoxy) is 1. The number of carbonyl (C=O) groups is 2. The van der Waals surface area contributed by atoms with Crippen LogP contribution in [0.15, 0.2) is 42.5 Å². The molecule has 2 heterocycles. The van der Waals surface area contributed by atoms with Crippen molar-refractivity contribution in [3.05, 3.63) is 64.7 Å². The minimum Gasteiger partial charge on any atom is -0.378 e. The Hall–Kier alpha value is -3.65. The molecule has 4 rings (SSSR count). The molecule has 3 amide bonds. The fraction of sp³-hybridized carbons (Fsp3) is 0.292. The molecule has 1 fully saturated rings. The number of aromatic nitrogens is 2. The molecule has 8 heteroatoms. The number of carbonyl (C=O) groups excluding carboxylic acids is 2. The van der Waals surface area contributed by atoms with E-state index in [-0.39, 0.29) is 5.91 Å². The number of rotatable bonds is 4. The van der Waals surface area contributed by atoms with Crippen molar-refractivity contribution in [2.75, 3.05) is 36.9 Å². The molecule has 0 bridgehead atoms. The first kappa shape index (κ1) is 21.6. The highest BCUT2D eigenvalue weighted by Crippen LogP contribution is 2.23. The Kier molecular flexibility index (Phi) is 6.23. The number of nitrogens with zero attached hydrogens (tertiary/aromatic N) is 2. The number of aromatic amines is 1. The quantitative estimate of drug-likeness (QED) is 0.576. The van der Waals surface area contributed by atoms with E-state index in [0.29, 0.717) is 43.4 Å². The lowest BCUT2D eigenvalue weighted by Crippen LogP contribution is -2.40. The van der Waals surface area contributed by atoms with Crippen molar-refractivity contribution in [3.63, 3.8) is 0 Å². The fourth-order valence-corrected chi connectivity index (χ4v) is 3.82. The summed E-state index contributed by atoms with van der Waals surface area (Å²) < 4.78 is 5.30. The fourth-order valence-electron chi connectivity index (χ4n) is 3.82. The van der Waals surface area contributed by atoms with Crippen LogP contribution >= 0.6 is 0 Å². The maximum absolute atomic E-state index is 12.6. The third-order valence-electron chi connectivity index (χ3n) is 5.37. The molecule has 3 N–H and O–H groups in total. The van der Waals surface area contributed by atoms with E-state index >= 15 is 0 Å². The van der Waals surface area contributed by atoms with Crippen molar-refractivity contribution in [1.82, 2.24) is 15.1 Å². The molecule has 0 saturated carbocycles. The van der Waals surface area contributed by atoms with E-state index in [1.807, 2.05) is 20.8 Å². The average Bonchev–Trinajstić information content (AvgIpc) is 3.23. The third kappa shape index (κ3) is 4.97. The van der Waals surface area contributed by atoms with Crippen LogP contribution in [0.1, 0.15) is 27.0 Å². The number of nitrogens with one attached hydrogen (secondary N) is 3. The summed E-state index contributed by atoms with van der Waals surface area (Å²) in [5.41, 5.74) is 6.19. The van der Waals surface area contributed by atoms with Gasteiger partial charge in [-0.15, -0.1) is 0 Å². The Morgan fingerprint density at radius 3 is 2.38 bits per heavy atom. The first-order valence-electron chi connectivity index (χ1n) is 10.6. The summed E-state index contributed by atoms with van der Waals surface area (Å²) in [5.74, 6) is 0.399. The average molecular weight is 434 g/mol. The lowest BCUT2D eigenvalue weighted by atomic mass is 10.1. The van der Waals surface area contributed by atoms with E-state index in [1.54, 1.807) is 29.2 Å². The van der Waals surface area contributed by atoms with Crippen LogP contribution in [0.5, 0.6) is 0 Å². The van der Waals surface area contributed by atoms with Gasteiger partial charge in [0.2, 0.25) is 0 Å². The van der Waals surface area contributed by atoms with Gasteiger partial charge in [0.05, 0.1) is 18.9 Å².